The molecule has 0 saturated heterocycles. The molecule has 2 heteroatoms. The summed E-state index contributed by atoms with van der Waals surface area (Å²) in [5.41, 5.74) is 3.52. The predicted octanol–water partition coefficient (Wildman–Crippen LogP) is 3.52. The zero-order chi connectivity index (χ0) is 12.7. The van der Waals surface area contributed by atoms with E-state index in [4.69, 9.17) is 0 Å². The Labute approximate surface area is 103 Å². The minimum atomic E-state index is -0.218. The highest BCUT2D eigenvalue weighted by atomic mass is 16.5. The fourth-order valence-electron chi connectivity index (χ4n) is 1.40. The first-order valence-corrected chi connectivity index (χ1v) is 5.60. The van der Waals surface area contributed by atoms with Crippen LogP contribution in [0.5, 0.6) is 0 Å². The van der Waals surface area contributed by atoms with Gasteiger partial charge in [-0.1, -0.05) is 53.6 Å². The monoisotopic (exact) mass is 230 g/mol. The number of carbonyl (C=O) groups excluding carboxylic acids is 1. The number of rotatable bonds is 4. The lowest BCUT2D eigenvalue weighted by Crippen LogP contribution is -1.96. The van der Waals surface area contributed by atoms with Gasteiger partial charge in [-0.3, -0.25) is 4.79 Å². The molecule has 0 spiro atoms. The number of esters is 1. The van der Waals surface area contributed by atoms with Crippen molar-refractivity contribution in [2.24, 2.45) is 0 Å². The van der Waals surface area contributed by atoms with E-state index in [0.29, 0.717) is 6.42 Å². The standard InChI is InChI=1S/C15H18O2/c1-12-7-9-14(10-8-12)11-13(2)5-4-6-15(16)17-3/h4-5,7-11H,6H2,1-3H3/b5-4+,13-11+. The van der Waals surface area contributed by atoms with Crippen molar-refractivity contribution < 1.29 is 9.53 Å². The molecule has 0 saturated carbocycles. The van der Waals surface area contributed by atoms with E-state index in [1.54, 1.807) is 0 Å². The van der Waals surface area contributed by atoms with Crippen LogP contribution in [0.4, 0.5) is 0 Å². The molecule has 1 rings (SSSR count). The lowest BCUT2D eigenvalue weighted by molar-refractivity contribution is -0.139. The minimum absolute atomic E-state index is 0.218. The molecule has 0 aliphatic carbocycles. The molecule has 0 fully saturated rings. The van der Waals surface area contributed by atoms with E-state index in [-0.39, 0.29) is 5.97 Å². The number of aryl methyl sites for hydroxylation is 1. The Morgan fingerprint density at radius 1 is 1.29 bits per heavy atom. The third-order valence-corrected chi connectivity index (χ3v) is 2.36. The van der Waals surface area contributed by atoms with Crippen LogP contribution >= 0.6 is 0 Å². The van der Waals surface area contributed by atoms with Gasteiger partial charge in [0, 0.05) is 0 Å². The molecular weight excluding hydrogens is 212 g/mol. The lowest BCUT2D eigenvalue weighted by Gasteiger charge is -1.97. The fraction of sp³-hybridized carbons (Fsp3) is 0.267. The zero-order valence-electron chi connectivity index (χ0n) is 10.6. The second-order valence-electron chi connectivity index (χ2n) is 3.98. The third-order valence-electron chi connectivity index (χ3n) is 2.36. The summed E-state index contributed by atoms with van der Waals surface area (Å²) in [6, 6.07) is 8.31. The number of benzene rings is 1. The number of ether oxygens (including phenoxy) is 1. The maximum Gasteiger partial charge on any atom is 0.309 e. The van der Waals surface area contributed by atoms with Crippen LogP contribution in [0.1, 0.15) is 24.5 Å². The molecule has 0 N–H and O–H groups in total. The van der Waals surface area contributed by atoms with E-state index in [1.165, 1.54) is 12.7 Å². The Kier molecular flexibility index (Phi) is 5.21. The molecule has 1 aromatic carbocycles. The van der Waals surface area contributed by atoms with Crippen LogP contribution in [0.3, 0.4) is 0 Å². The lowest BCUT2D eigenvalue weighted by atomic mass is 10.1. The van der Waals surface area contributed by atoms with Crippen molar-refractivity contribution in [2.45, 2.75) is 20.3 Å². The molecule has 0 unspecified atom stereocenters. The maximum absolute atomic E-state index is 10.9. The van der Waals surface area contributed by atoms with Gasteiger partial charge in [-0.05, 0) is 19.4 Å². The Morgan fingerprint density at radius 2 is 1.94 bits per heavy atom. The fourth-order valence-corrected chi connectivity index (χ4v) is 1.40. The molecule has 0 bridgehead atoms. The number of carbonyl (C=O) groups is 1. The second-order valence-corrected chi connectivity index (χ2v) is 3.98. The molecule has 0 aliphatic heterocycles. The molecule has 1 aromatic rings. The average molecular weight is 230 g/mol. The summed E-state index contributed by atoms with van der Waals surface area (Å²) in [6.07, 6.45) is 6.13. The Bertz CT molecular complexity index is 425. The molecule has 0 amide bonds. The number of methoxy groups -OCH3 is 1. The van der Waals surface area contributed by atoms with E-state index < -0.39 is 0 Å². The first-order chi connectivity index (χ1) is 8.11. The second kappa shape index (κ2) is 6.69. The Hall–Kier alpha value is -1.83. The molecular formula is C15H18O2. The molecule has 0 aliphatic rings. The molecule has 0 atom stereocenters. The average Bonchev–Trinajstić information content (AvgIpc) is 2.32. The predicted molar refractivity (Wildman–Crippen MR) is 70.6 cm³/mol. The van der Waals surface area contributed by atoms with Crippen molar-refractivity contribution in [3.8, 4) is 0 Å². The summed E-state index contributed by atoms with van der Waals surface area (Å²) < 4.78 is 4.55. The summed E-state index contributed by atoms with van der Waals surface area (Å²) in [4.78, 5) is 10.9. The summed E-state index contributed by atoms with van der Waals surface area (Å²) >= 11 is 0. The van der Waals surface area contributed by atoms with E-state index in [0.717, 1.165) is 11.1 Å². The van der Waals surface area contributed by atoms with Gasteiger partial charge in [0.05, 0.1) is 13.5 Å². The van der Waals surface area contributed by atoms with Crippen LogP contribution in [0.25, 0.3) is 6.08 Å². The smallest absolute Gasteiger partial charge is 0.309 e. The minimum Gasteiger partial charge on any atom is -0.469 e. The third kappa shape index (κ3) is 5.16. The van der Waals surface area contributed by atoms with E-state index >= 15 is 0 Å². The zero-order valence-corrected chi connectivity index (χ0v) is 10.6. The molecule has 17 heavy (non-hydrogen) atoms. The van der Waals surface area contributed by atoms with Crippen LogP contribution in [0.15, 0.2) is 42.0 Å². The summed E-state index contributed by atoms with van der Waals surface area (Å²) in [6.45, 7) is 4.07. The number of hydrogen-bond acceptors (Lipinski definition) is 2. The first kappa shape index (κ1) is 13.2. The van der Waals surface area contributed by atoms with Crippen molar-refractivity contribution in [1.29, 1.82) is 0 Å². The van der Waals surface area contributed by atoms with E-state index in [9.17, 15) is 4.79 Å². The van der Waals surface area contributed by atoms with Crippen LogP contribution in [0, 0.1) is 6.92 Å². The number of hydrogen-bond donors (Lipinski definition) is 0. The normalized spacial score (nSPS) is 11.8. The summed E-state index contributed by atoms with van der Waals surface area (Å²) in [5.74, 6) is -0.218. The van der Waals surface area contributed by atoms with Gasteiger partial charge in [0.15, 0.2) is 0 Å². The van der Waals surface area contributed by atoms with Gasteiger partial charge in [0.1, 0.15) is 0 Å². The summed E-state index contributed by atoms with van der Waals surface area (Å²) in [5, 5.41) is 0. The highest BCUT2D eigenvalue weighted by Crippen LogP contribution is 2.09. The summed E-state index contributed by atoms with van der Waals surface area (Å²) in [7, 11) is 1.39. The molecule has 90 valence electrons. The quantitative estimate of drug-likeness (QED) is 0.584. The van der Waals surface area contributed by atoms with Gasteiger partial charge >= 0.3 is 5.97 Å². The Morgan fingerprint density at radius 3 is 2.53 bits per heavy atom. The van der Waals surface area contributed by atoms with Crippen LogP contribution < -0.4 is 0 Å². The maximum atomic E-state index is 10.9. The molecule has 0 radical (unpaired) electrons. The van der Waals surface area contributed by atoms with Crippen molar-refractivity contribution >= 4 is 12.0 Å². The van der Waals surface area contributed by atoms with Gasteiger partial charge in [-0.25, -0.2) is 0 Å². The van der Waals surface area contributed by atoms with Gasteiger partial charge < -0.3 is 4.74 Å². The van der Waals surface area contributed by atoms with Gasteiger partial charge in [-0.15, -0.1) is 0 Å². The topological polar surface area (TPSA) is 26.3 Å². The highest BCUT2D eigenvalue weighted by Gasteiger charge is 1.94. The van der Waals surface area contributed by atoms with Crippen LogP contribution in [0.2, 0.25) is 0 Å². The van der Waals surface area contributed by atoms with Crippen molar-refractivity contribution in [1.82, 2.24) is 0 Å². The van der Waals surface area contributed by atoms with Crippen LogP contribution in [-0.2, 0) is 9.53 Å². The van der Waals surface area contributed by atoms with Gasteiger partial charge in [0.25, 0.3) is 0 Å². The first-order valence-electron chi connectivity index (χ1n) is 5.60. The van der Waals surface area contributed by atoms with Crippen molar-refractivity contribution in [2.75, 3.05) is 7.11 Å². The van der Waals surface area contributed by atoms with Crippen LogP contribution in [-0.4, -0.2) is 13.1 Å². The number of allylic oxidation sites excluding steroid dienone is 2. The molecule has 0 aromatic heterocycles. The van der Waals surface area contributed by atoms with Crippen molar-refractivity contribution in [3.63, 3.8) is 0 Å². The van der Waals surface area contributed by atoms with Crippen molar-refractivity contribution in [3.05, 3.63) is 53.1 Å². The largest absolute Gasteiger partial charge is 0.469 e. The Balaban J connectivity index is 2.60. The molecule has 0 heterocycles. The van der Waals surface area contributed by atoms with Gasteiger partial charge in [-0.2, -0.15) is 0 Å². The van der Waals surface area contributed by atoms with Gasteiger partial charge in [0.2, 0.25) is 0 Å². The van der Waals surface area contributed by atoms with E-state index in [1.807, 2.05) is 19.1 Å². The molecule has 2 nitrogen and oxygen atoms in total. The van der Waals surface area contributed by atoms with E-state index in [2.05, 4.69) is 42.0 Å². The highest BCUT2D eigenvalue weighted by molar-refractivity contribution is 5.71. The SMILES string of the molecule is COC(=O)C/C=C/C(C)=C/c1ccc(C)cc1.